The SMILES string of the molecule is [C-]#[N+]c1c(CC2C(C3CCCCC3)CC(C3CCCCC3)CC2C2CCCCC2)c2nc(C3CCC(C)CC3)[nH]n2c1OC(=O)N(C)C. The van der Waals surface area contributed by atoms with Gasteiger partial charge in [-0.25, -0.2) is 19.1 Å². The monoisotopic (exact) mass is 657 g/mol. The zero-order valence-electron chi connectivity index (χ0n) is 30.4. The summed E-state index contributed by atoms with van der Waals surface area (Å²) in [6, 6.07) is 0. The lowest BCUT2D eigenvalue weighted by molar-refractivity contribution is -0.0116. The minimum atomic E-state index is -0.443. The van der Waals surface area contributed by atoms with Crippen molar-refractivity contribution in [1.82, 2.24) is 19.5 Å². The Kier molecular flexibility index (Phi) is 10.7. The molecule has 2 aromatic heterocycles. The first kappa shape index (κ1) is 34.0. The number of nitrogens with zero attached hydrogens (tertiary/aromatic N) is 4. The summed E-state index contributed by atoms with van der Waals surface area (Å²) in [5.74, 6) is 7.91. The Balaban J connectivity index is 1.30. The Morgan fingerprint density at radius 3 is 1.88 bits per heavy atom. The average molecular weight is 658 g/mol. The Hall–Kier alpha value is -2.49. The van der Waals surface area contributed by atoms with Crippen molar-refractivity contribution < 1.29 is 9.53 Å². The van der Waals surface area contributed by atoms with Crippen LogP contribution in [0.25, 0.3) is 10.5 Å². The number of carbonyl (C=O) groups is 1. The molecule has 48 heavy (non-hydrogen) atoms. The first-order valence-electron chi connectivity index (χ1n) is 20.3. The highest BCUT2D eigenvalue weighted by molar-refractivity contribution is 5.79. The molecule has 0 aromatic carbocycles. The molecule has 1 amide bonds. The highest BCUT2D eigenvalue weighted by atomic mass is 16.6. The van der Waals surface area contributed by atoms with E-state index in [4.69, 9.17) is 16.3 Å². The summed E-state index contributed by atoms with van der Waals surface area (Å²) in [5, 5.41) is 3.59. The molecule has 1 N–H and O–H groups in total. The third kappa shape index (κ3) is 7.06. The topological polar surface area (TPSA) is 67.0 Å². The van der Waals surface area contributed by atoms with Gasteiger partial charge in [-0.1, -0.05) is 116 Å². The van der Waals surface area contributed by atoms with Crippen molar-refractivity contribution in [2.45, 2.75) is 154 Å². The Morgan fingerprint density at radius 1 is 0.812 bits per heavy atom. The molecular weight excluding hydrogens is 594 g/mol. The van der Waals surface area contributed by atoms with Crippen LogP contribution in [0.15, 0.2) is 0 Å². The number of hydrogen-bond acceptors (Lipinski definition) is 3. The van der Waals surface area contributed by atoms with Gasteiger partial charge in [-0.05, 0) is 79.4 Å². The van der Waals surface area contributed by atoms with Crippen LogP contribution in [-0.2, 0) is 6.42 Å². The second-order valence-electron chi connectivity index (χ2n) is 17.4. The fraction of sp³-hybridized carbons (Fsp3) is 0.829. The highest BCUT2D eigenvalue weighted by Crippen LogP contribution is 2.55. The van der Waals surface area contributed by atoms with Crippen molar-refractivity contribution in [2.75, 3.05) is 14.1 Å². The lowest BCUT2D eigenvalue weighted by atomic mass is 9.54. The van der Waals surface area contributed by atoms with Crippen molar-refractivity contribution in [2.24, 2.45) is 47.3 Å². The highest BCUT2D eigenvalue weighted by Gasteiger charge is 2.47. The normalized spacial score (nSPS) is 31.5. The van der Waals surface area contributed by atoms with Gasteiger partial charge in [0.2, 0.25) is 5.88 Å². The van der Waals surface area contributed by atoms with Crippen LogP contribution in [0, 0.1) is 53.9 Å². The zero-order chi connectivity index (χ0) is 33.2. The van der Waals surface area contributed by atoms with Crippen molar-refractivity contribution in [3.05, 3.63) is 22.8 Å². The summed E-state index contributed by atoms with van der Waals surface area (Å²) < 4.78 is 7.93. The largest absolute Gasteiger partial charge is 0.414 e. The summed E-state index contributed by atoms with van der Waals surface area (Å²) in [6.07, 6.45) is 29.0. The lowest BCUT2D eigenvalue weighted by Gasteiger charge is -2.51. The van der Waals surface area contributed by atoms with Gasteiger partial charge in [-0.15, -0.1) is 0 Å². The molecule has 264 valence electrons. The van der Waals surface area contributed by atoms with E-state index in [0.717, 1.165) is 77.7 Å². The first-order valence-corrected chi connectivity index (χ1v) is 20.3. The molecule has 0 radical (unpaired) electrons. The smallest absolute Gasteiger partial charge is 0.402 e. The van der Waals surface area contributed by atoms with Gasteiger partial charge in [0.25, 0.3) is 5.69 Å². The Labute approximate surface area is 290 Å². The maximum absolute atomic E-state index is 13.0. The average Bonchev–Trinajstić information content (AvgIpc) is 3.67. The van der Waals surface area contributed by atoms with Gasteiger partial charge in [0.1, 0.15) is 11.5 Å². The number of amides is 1. The Morgan fingerprint density at radius 2 is 1.35 bits per heavy atom. The second-order valence-corrected chi connectivity index (χ2v) is 17.4. The van der Waals surface area contributed by atoms with Gasteiger partial charge in [-0.2, -0.15) is 0 Å². The van der Waals surface area contributed by atoms with E-state index >= 15 is 0 Å². The van der Waals surface area contributed by atoms with Crippen molar-refractivity contribution >= 4 is 17.4 Å². The Bertz CT molecular complexity index is 1380. The number of H-pyrrole nitrogens is 1. The van der Waals surface area contributed by atoms with Crippen LogP contribution in [0.2, 0.25) is 0 Å². The van der Waals surface area contributed by atoms with E-state index in [2.05, 4.69) is 16.9 Å². The van der Waals surface area contributed by atoms with Crippen LogP contribution in [0.4, 0.5) is 10.5 Å². The van der Waals surface area contributed by atoms with Gasteiger partial charge < -0.3 is 9.64 Å². The van der Waals surface area contributed by atoms with E-state index in [9.17, 15) is 4.79 Å². The number of rotatable bonds is 7. The first-order chi connectivity index (χ1) is 23.4. The number of fused-ring (bicyclic) bond motifs is 1. The van der Waals surface area contributed by atoms with Crippen molar-refractivity contribution in [3.63, 3.8) is 0 Å². The summed E-state index contributed by atoms with van der Waals surface area (Å²) in [6.45, 7) is 10.8. The number of hydrogen-bond donors (Lipinski definition) is 1. The van der Waals surface area contributed by atoms with E-state index in [0.29, 0.717) is 23.4 Å². The predicted octanol–water partition coefficient (Wildman–Crippen LogP) is 11.1. The van der Waals surface area contributed by atoms with Crippen molar-refractivity contribution in [3.8, 4) is 5.88 Å². The predicted molar refractivity (Wildman–Crippen MR) is 193 cm³/mol. The van der Waals surface area contributed by atoms with E-state index in [-0.39, 0.29) is 0 Å². The fourth-order valence-electron chi connectivity index (χ4n) is 11.5. The van der Waals surface area contributed by atoms with E-state index in [1.165, 1.54) is 127 Å². The summed E-state index contributed by atoms with van der Waals surface area (Å²) in [4.78, 5) is 24.0. The second kappa shape index (κ2) is 15.2. The third-order valence-corrected chi connectivity index (χ3v) is 14.2. The van der Waals surface area contributed by atoms with Gasteiger partial charge in [0.05, 0.1) is 6.57 Å². The molecule has 2 unspecified atom stereocenters. The maximum Gasteiger partial charge on any atom is 0.414 e. The summed E-state index contributed by atoms with van der Waals surface area (Å²) in [5.41, 5.74) is 2.39. The molecule has 0 saturated heterocycles. The fourth-order valence-corrected chi connectivity index (χ4v) is 11.5. The molecule has 5 aliphatic rings. The molecule has 0 bridgehead atoms. The lowest BCUT2D eigenvalue weighted by Crippen LogP contribution is -2.44. The minimum absolute atomic E-state index is 0.343. The number of nitrogens with one attached hydrogen (secondary N) is 1. The van der Waals surface area contributed by atoms with Gasteiger partial charge in [0.15, 0.2) is 0 Å². The standard InChI is InChI=1S/C41H63N5O2/c1-27-20-22-31(23-21-27)38-43-39-36(37(42-2)40(46(39)44-38)48-41(47)45(3)4)26-35-33(29-16-10-6-11-17-29)24-32(28-14-8-5-9-15-28)25-34(35)30-18-12-7-13-19-30/h27-35H,5-26H2,1,3-4H3,(H,43,44). The quantitative estimate of drug-likeness (QED) is 0.301. The molecule has 5 aliphatic carbocycles. The van der Waals surface area contributed by atoms with E-state index < -0.39 is 6.09 Å². The molecule has 5 fully saturated rings. The van der Waals surface area contributed by atoms with Crippen LogP contribution < -0.4 is 4.74 Å². The number of aromatic amines is 1. The molecule has 2 aromatic rings. The van der Waals surface area contributed by atoms with Crippen LogP contribution in [0.3, 0.4) is 0 Å². The van der Waals surface area contributed by atoms with E-state index in [1.54, 1.807) is 14.1 Å². The van der Waals surface area contributed by atoms with Crippen LogP contribution in [0.1, 0.15) is 159 Å². The summed E-state index contributed by atoms with van der Waals surface area (Å²) >= 11 is 0. The molecule has 0 aliphatic heterocycles. The molecular formula is C41H63N5O2. The molecule has 5 saturated carbocycles. The summed E-state index contributed by atoms with van der Waals surface area (Å²) in [7, 11) is 3.42. The van der Waals surface area contributed by atoms with Gasteiger partial charge >= 0.3 is 6.09 Å². The molecule has 2 atom stereocenters. The zero-order valence-corrected chi connectivity index (χ0v) is 30.4. The minimum Gasteiger partial charge on any atom is -0.402 e. The maximum atomic E-state index is 13.0. The molecule has 7 nitrogen and oxygen atoms in total. The molecule has 7 rings (SSSR count). The number of carbonyl (C=O) groups excluding carboxylic acids is 1. The number of aromatic nitrogens is 3. The molecule has 2 heterocycles. The molecule has 7 heteroatoms. The number of ether oxygens (including phenoxy) is 1. The van der Waals surface area contributed by atoms with Gasteiger partial charge in [0, 0.05) is 25.6 Å². The van der Waals surface area contributed by atoms with Crippen molar-refractivity contribution in [1.29, 1.82) is 0 Å². The molecule has 0 spiro atoms. The van der Waals surface area contributed by atoms with Gasteiger partial charge in [-0.3, -0.25) is 5.10 Å². The van der Waals surface area contributed by atoms with Crippen LogP contribution in [0.5, 0.6) is 5.88 Å². The third-order valence-electron chi connectivity index (χ3n) is 14.2. The van der Waals surface area contributed by atoms with Crippen LogP contribution in [-0.4, -0.2) is 39.7 Å². The van der Waals surface area contributed by atoms with E-state index in [1.807, 2.05) is 4.52 Å². The van der Waals surface area contributed by atoms with Crippen LogP contribution >= 0.6 is 0 Å².